The molecule has 1 aliphatic rings. The van der Waals surface area contributed by atoms with E-state index < -0.39 is 12.1 Å². The van der Waals surface area contributed by atoms with Gasteiger partial charge in [-0.2, -0.15) is 0 Å². The smallest absolute Gasteiger partial charge is 0.245 e. The quantitative estimate of drug-likeness (QED) is 0.378. The van der Waals surface area contributed by atoms with Crippen LogP contribution in [-0.2, 0) is 27.5 Å². The van der Waals surface area contributed by atoms with Gasteiger partial charge in [-0.15, -0.1) is 0 Å². The van der Waals surface area contributed by atoms with Crippen LogP contribution in [-0.4, -0.2) is 52.5 Å². The zero-order valence-corrected chi connectivity index (χ0v) is 22.5. The minimum absolute atomic E-state index is 0.172. The molecule has 202 valence electrons. The van der Waals surface area contributed by atoms with Gasteiger partial charge in [0.1, 0.15) is 11.9 Å². The number of amides is 2. The molecule has 0 spiro atoms. The molecule has 8 nitrogen and oxygen atoms in total. The van der Waals surface area contributed by atoms with Gasteiger partial charge in [0.2, 0.25) is 11.8 Å². The van der Waals surface area contributed by atoms with Crippen molar-refractivity contribution in [1.29, 1.82) is 0 Å². The first-order valence-electron chi connectivity index (χ1n) is 13.4. The number of aromatic nitrogens is 1. The maximum absolute atomic E-state index is 13.4. The van der Waals surface area contributed by atoms with Crippen LogP contribution in [0.15, 0.2) is 60.8 Å². The third kappa shape index (κ3) is 7.08. The summed E-state index contributed by atoms with van der Waals surface area (Å²) in [7, 11) is 0. The Morgan fingerprint density at radius 1 is 1.08 bits per heavy atom. The second-order valence-corrected chi connectivity index (χ2v) is 10.3. The van der Waals surface area contributed by atoms with E-state index in [2.05, 4.69) is 34.4 Å². The van der Waals surface area contributed by atoms with E-state index in [1.54, 1.807) is 6.20 Å². The number of rotatable bonds is 10. The molecule has 0 bridgehead atoms. The van der Waals surface area contributed by atoms with Crippen molar-refractivity contribution in [1.82, 2.24) is 20.5 Å². The largest absolute Gasteiger partial charge is 0.383 e. The van der Waals surface area contributed by atoms with E-state index in [1.165, 1.54) is 6.42 Å². The van der Waals surface area contributed by atoms with Crippen molar-refractivity contribution in [2.24, 2.45) is 0 Å². The number of nitrogens with one attached hydrogen (secondary N) is 2. The van der Waals surface area contributed by atoms with Crippen LogP contribution in [0.3, 0.4) is 0 Å². The summed E-state index contributed by atoms with van der Waals surface area (Å²) < 4.78 is 6.06. The van der Waals surface area contributed by atoms with E-state index in [0.29, 0.717) is 31.1 Å². The van der Waals surface area contributed by atoms with Crippen LogP contribution in [0.5, 0.6) is 0 Å². The van der Waals surface area contributed by atoms with Crippen LogP contribution in [0.4, 0.5) is 5.82 Å². The monoisotopic (exact) mass is 517 g/mol. The fourth-order valence-electron chi connectivity index (χ4n) is 5.13. The number of ether oxygens (including phenoxy) is 1. The van der Waals surface area contributed by atoms with E-state index in [4.69, 9.17) is 10.5 Å². The van der Waals surface area contributed by atoms with Crippen molar-refractivity contribution in [3.63, 3.8) is 0 Å². The van der Waals surface area contributed by atoms with Gasteiger partial charge >= 0.3 is 0 Å². The Labute approximate surface area is 224 Å². The number of anilines is 1. The molecular formula is C30H39N5O3. The first-order chi connectivity index (χ1) is 18.3. The number of nitrogens with zero attached hydrogens (tertiary/aromatic N) is 2. The normalized spacial score (nSPS) is 19.6. The maximum atomic E-state index is 13.4. The highest BCUT2D eigenvalue weighted by Crippen LogP contribution is 2.22. The number of pyridine rings is 1. The number of likely N-dealkylation sites (tertiary alicyclic amines) is 1. The molecule has 2 heterocycles. The number of carbonyl (C=O) groups is 2. The zero-order valence-electron chi connectivity index (χ0n) is 22.5. The van der Waals surface area contributed by atoms with Crippen LogP contribution < -0.4 is 16.4 Å². The van der Waals surface area contributed by atoms with E-state index in [-0.39, 0.29) is 18.4 Å². The second kappa shape index (κ2) is 12.8. The minimum atomic E-state index is -0.832. The number of piperidine rings is 1. The predicted molar refractivity (Wildman–Crippen MR) is 150 cm³/mol. The molecule has 8 heteroatoms. The Bertz CT molecular complexity index is 1230. The number of carbonyl (C=O) groups excluding carboxylic acids is 2. The molecule has 1 unspecified atom stereocenters. The van der Waals surface area contributed by atoms with Gasteiger partial charge in [0, 0.05) is 30.2 Å². The SMILES string of the molecule is C[C@@H]1CCC[C@H](C)N1CC(=O)NC(C(=O)NCc1ccc2c(N)nccc2c1)[C@@H](C)OCc1ccccc1. The number of fused-ring (bicyclic) bond motifs is 1. The van der Waals surface area contributed by atoms with Gasteiger partial charge < -0.3 is 21.1 Å². The van der Waals surface area contributed by atoms with E-state index in [0.717, 1.165) is 34.7 Å². The standard InChI is InChI=1S/C30H39N5O3/c1-20-8-7-9-21(2)35(20)18-27(36)34-28(22(3)38-19-23-10-5-4-6-11-23)30(37)33-17-24-12-13-26-25(16-24)14-15-32-29(26)31/h4-6,10-16,20-22,28H,7-9,17-19H2,1-3H3,(H2,31,32)(H,33,37)(H,34,36)/t20-,21+,22-,28?/m1/s1. The summed E-state index contributed by atoms with van der Waals surface area (Å²) in [5.74, 6) is 0.0187. The lowest BCUT2D eigenvalue weighted by Crippen LogP contribution is -2.56. The number of hydrogen-bond acceptors (Lipinski definition) is 6. The lowest BCUT2D eigenvalue weighted by molar-refractivity contribution is -0.134. The Morgan fingerprint density at radius 2 is 1.82 bits per heavy atom. The summed E-state index contributed by atoms with van der Waals surface area (Å²) >= 11 is 0. The van der Waals surface area contributed by atoms with Crippen LogP contribution >= 0.6 is 0 Å². The van der Waals surface area contributed by atoms with Crippen LogP contribution in [0.1, 0.15) is 51.2 Å². The van der Waals surface area contributed by atoms with Crippen LogP contribution in [0.2, 0.25) is 0 Å². The third-order valence-electron chi connectivity index (χ3n) is 7.45. The Balaban J connectivity index is 1.43. The predicted octanol–water partition coefficient (Wildman–Crippen LogP) is 3.79. The Kier molecular flexibility index (Phi) is 9.31. The van der Waals surface area contributed by atoms with Crippen LogP contribution in [0.25, 0.3) is 10.8 Å². The first-order valence-corrected chi connectivity index (χ1v) is 13.4. The summed E-state index contributed by atoms with van der Waals surface area (Å²) in [5.41, 5.74) is 7.90. The van der Waals surface area contributed by atoms with Gasteiger partial charge in [-0.1, -0.05) is 48.9 Å². The van der Waals surface area contributed by atoms with Gasteiger partial charge in [-0.05, 0) is 62.3 Å². The van der Waals surface area contributed by atoms with E-state index >= 15 is 0 Å². The van der Waals surface area contributed by atoms with E-state index in [9.17, 15) is 9.59 Å². The second-order valence-electron chi connectivity index (χ2n) is 10.3. The highest BCUT2D eigenvalue weighted by Gasteiger charge is 2.31. The Morgan fingerprint density at radius 3 is 2.55 bits per heavy atom. The summed E-state index contributed by atoms with van der Waals surface area (Å²) in [6, 6.07) is 17.3. The molecule has 4 atom stereocenters. The van der Waals surface area contributed by atoms with Gasteiger partial charge in [0.25, 0.3) is 0 Å². The number of benzene rings is 2. The zero-order chi connectivity index (χ0) is 27.1. The van der Waals surface area contributed by atoms with Crippen molar-refractivity contribution < 1.29 is 14.3 Å². The maximum Gasteiger partial charge on any atom is 0.245 e. The van der Waals surface area contributed by atoms with Crippen LogP contribution in [0, 0.1) is 0 Å². The van der Waals surface area contributed by atoms with Crippen molar-refractivity contribution >= 4 is 28.4 Å². The number of nitrogen functional groups attached to an aromatic ring is 1. The first kappa shape index (κ1) is 27.5. The molecule has 0 aliphatic carbocycles. The summed E-state index contributed by atoms with van der Waals surface area (Å²) in [4.78, 5) is 32.9. The lowest BCUT2D eigenvalue weighted by atomic mass is 9.97. The number of hydrogen-bond donors (Lipinski definition) is 3. The fraction of sp³-hybridized carbons (Fsp3) is 0.433. The molecule has 2 aromatic carbocycles. The third-order valence-corrected chi connectivity index (χ3v) is 7.45. The average Bonchev–Trinajstić information content (AvgIpc) is 2.92. The molecule has 4 rings (SSSR count). The minimum Gasteiger partial charge on any atom is -0.383 e. The molecule has 4 N–H and O–H groups in total. The lowest BCUT2D eigenvalue weighted by Gasteiger charge is -2.38. The molecule has 2 amide bonds. The Hall–Kier alpha value is -3.49. The average molecular weight is 518 g/mol. The van der Waals surface area contributed by atoms with E-state index in [1.807, 2.05) is 61.5 Å². The van der Waals surface area contributed by atoms with Gasteiger partial charge in [-0.25, -0.2) is 4.98 Å². The number of nitrogens with two attached hydrogens (primary N) is 1. The topological polar surface area (TPSA) is 110 Å². The molecule has 1 aromatic heterocycles. The van der Waals surface area contributed by atoms with Crippen molar-refractivity contribution in [2.75, 3.05) is 12.3 Å². The highest BCUT2D eigenvalue weighted by molar-refractivity contribution is 5.91. The summed E-state index contributed by atoms with van der Waals surface area (Å²) in [6.07, 6.45) is 4.46. The van der Waals surface area contributed by atoms with Crippen molar-refractivity contribution in [3.8, 4) is 0 Å². The van der Waals surface area contributed by atoms with Gasteiger partial charge in [0.15, 0.2) is 0 Å². The van der Waals surface area contributed by atoms with Crippen molar-refractivity contribution in [3.05, 3.63) is 71.9 Å². The van der Waals surface area contributed by atoms with Gasteiger partial charge in [-0.3, -0.25) is 14.5 Å². The molecule has 0 saturated carbocycles. The molecule has 3 aromatic rings. The molecule has 1 aliphatic heterocycles. The highest BCUT2D eigenvalue weighted by atomic mass is 16.5. The van der Waals surface area contributed by atoms with Crippen molar-refractivity contribution in [2.45, 2.75) is 77.4 Å². The molecule has 1 saturated heterocycles. The molecule has 1 fully saturated rings. The molecule has 0 radical (unpaired) electrons. The summed E-state index contributed by atoms with van der Waals surface area (Å²) in [5, 5.41) is 7.79. The van der Waals surface area contributed by atoms with Gasteiger partial charge in [0.05, 0.1) is 19.3 Å². The molecule has 38 heavy (non-hydrogen) atoms. The summed E-state index contributed by atoms with van der Waals surface area (Å²) in [6.45, 7) is 7.07. The molecular weight excluding hydrogens is 478 g/mol. The fourth-order valence-corrected chi connectivity index (χ4v) is 5.13.